The van der Waals surface area contributed by atoms with Crippen molar-refractivity contribution in [2.75, 3.05) is 5.75 Å². The van der Waals surface area contributed by atoms with E-state index in [1.165, 1.54) is 22.7 Å². The van der Waals surface area contributed by atoms with Crippen molar-refractivity contribution >= 4 is 29.5 Å². The first-order valence-electron chi connectivity index (χ1n) is 7.39. The van der Waals surface area contributed by atoms with E-state index in [1.807, 2.05) is 30.3 Å². The van der Waals surface area contributed by atoms with Gasteiger partial charge in [0.1, 0.15) is 17.1 Å². The molecule has 2 aliphatic heterocycles. The van der Waals surface area contributed by atoms with Crippen LogP contribution in [0.25, 0.3) is 0 Å². The van der Waals surface area contributed by atoms with Crippen LogP contribution in [-0.4, -0.2) is 45.0 Å². The lowest BCUT2D eigenvalue weighted by molar-refractivity contribution is -0.150. The molecule has 2 heterocycles. The van der Waals surface area contributed by atoms with E-state index in [9.17, 15) is 19.5 Å². The van der Waals surface area contributed by atoms with Crippen LogP contribution in [-0.2, 0) is 20.8 Å². The first-order valence-corrected chi connectivity index (χ1v) is 8.44. The first kappa shape index (κ1) is 16.3. The number of carboxylic acid groups (broad SMARTS) is 1. The maximum atomic E-state index is 12.3. The summed E-state index contributed by atoms with van der Waals surface area (Å²) in [6.07, 6.45) is 1.64. The zero-order valence-corrected chi connectivity index (χ0v) is 13.6. The largest absolute Gasteiger partial charge is 0.477 e. The molecule has 2 amide bonds. The van der Waals surface area contributed by atoms with Gasteiger partial charge < -0.3 is 10.4 Å². The van der Waals surface area contributed by atoms with Crippen molar-refractivity contribution in [1.29, 1.82) is 0 Å². The summed E-state index contributed by atoms with van der Waals surface area (Å²) in [5, 5.41) is 11.7. The van der Waals surface area contributed by atoms with E-state index in [4.69, 9.17) is 0 Å². The summed E-state index contributed by atoms with van der Waals surface area (Å²) in [5.74, 6) is -1.36. The topological polar surface area (TPSA) is 86.7 Å². The summed E-state index contributed by atoms with van der Waals surface area (Å²) in [6.45, 7) is 3.60. The quantitative estimate of drug-likeness (QED) is 0.783. The molecule has 0 saturated carbocycles. The Kier molecular flexibility index (Phi) is 4.44. The number of amides is 2. The summed E-state index contributed by atoms with van der Waals surface area (Å²) in [4.78, 5) is 37.1. The molecule has 6 nitrogen and oxygen atoms in total. The van der Waals surface area contributed by atoms with Crippen LogP contribution >= 0.6 is 11.8 Å². The van der Waals surface area contributed by atoms with Crippen LogP contribution in [0.1, 0.15) is 5.56 Å². The van der Waals surface area contributed by atoms with E-state index in [1.54, 1.807) is 0 Å². The van der Waals surface area contributed by atoms with E-state index in [2.05, 4.69) is 11.9 Å². The first-order chi connectivity index (χ1) is 11.5. The zero-order valence-electron chi connectivity index (χ0n) is 12.8. The highest BCUT2D eigenvalue weighted by atomic mass is 32.2. The van der Waals surface area contributed by atoms with Crippen molar-refractivity contribution in [2.24, 2.45) is 0 Å². The van der Waals surface area contributed by atoms with Crippen LogP contribution in [0.3, 0.4) is 0 Å². The lowest BCUT2D eigenvalue weighted by atomic mass is 10.0. The SMILES string of the molecule is C=CC1=C(C(=O)O)N2C(=O)[C@@H](NC(=O)Cc3ccccc3)[C@H]2SC1. The number of thioether (sulfide) groups is 1. The van der Waals surface area contributed by atoms with Gasteiger partial charge in [0, 0.05) is 5.75 Å². The Morgan fingerprint density at radius 3 is 2.71 bits per heavy atom. The van der Waals surface area contributed by atoms with Crippen molar-refractivity contribution < 1.29 is 19.5 Å². The molecule has 24 heavy (non-hydrogen) atoms. The van der Waals surface area contributed by atoms with Gasteiger partial charge >= 0.3 is 5.97 Å². The van der Waals surface area contributed by atoms with Crippen LogP contribution < -0.4 is 5.32 Å². The Balaban J connectivity index is 1.70. The van der Waals surface area contributed by atoms with E-state index in [-0.39, 0.29) is 23.4 Å². The van der Waals surface area contributed by atoms with Gasteiger partial charge in [0.2, 0.25) is 5.91 Å². The maximum Gasteiger partial charge on any atom is 0.352 e. The predicted octanol–water partition coefficient (Wildman–Crippen LogP) is 1.15. The fourth-order valence-corrected chi connectivity index (χ4v) is 4.15. The number of rotatable bonds is 5. The molecule has 0 bridgehead atoms. The Morgan fingerprint density at radius 2 is 2.08 bits per heavy atom. The van der Waals surface area contributed by atoms with Crippen LogP contribution in [0.5, 0.6) is 0 Å². The molecule has 7 heteroatoms. The number of hydrogen-bond acceptors (Lipinski definition) is 4. The van der Waals surface area contributed by atoms with Crippen molar-refractivity contribution in [1.82, 2.24) is 10.2 Å². The molecule has 2 atom stereocenters. The Hall–Kier alpha value is -2.54. The molecule has 1 saturated heterocycles. The van der Waals surface area contributed by atoms with Crippen molar-refractivity contribution in [3.8, 4) is 0 Å². The number of allylic oxidation sites excluding steroid dienone is 1. The number of nitrogens with zero attached hydrogens (tertiary/aromatic N) is 1. The summed E-state index contributed by atoms with van der Waals surface area (Å²) < 4.78 is 0. The van der Waals surface area contributed by atoms with Gasteiger partial charge in [-0.2, -0.15) is 0 Å². The Bertz CT molecular complexity index is 744. The van der Waals surface area contributed by atoms with Crippen molar-refractivity contribution in [3.63, 3.8) is 0 Å². The van der Waals surface area contributed by atoms with Gasteiger partial charge in [-0.15, -0.1) is 11.8 Å². The molecule has 0 aromatic heterocycles. The minimum Gasteiger partial charge on any atom is -0.477 e. The molecular weight excluding hydrogens is 328 g/mol. The second kappa shape index (κ2) is 6.52. The molecule has 0 unspecified atom stereocenters. The highest BCUT2D eigenvalue weighted by Gasteiger charge is 2.53. The minimum absolute atomic E-state index is 0.0349. The van der Waals surface area contributed by atoms with Gasteiger partial charge in [0.15, 0.2) is 0 Å². The number of carbonyl (C=O) groups excluding carboxylic acids is 2. The third kappa shape index (κ3) is 2.82. The third-order valence-electron chi connectivity index (χ3n) is 3.97. The molecule has 1 aromatic rings. The van der Waals surface area contributed by atoms with E-state index >= 15 is 0 Å². The molecule has 2 aliphatic rings. The highest BCUT2D eigenvalue weighted by molar-refractivity contribution is 8.00. The number of fused-ring (bicyclic) bond motifs is 1. The number of carbonyl (C=O) groups is 3. The summed E-state index contributed by atoms with van der Waals surface area (Å²) in [7, 11) is 0. The Morgan fingerprint density at radius 1 is 1.38 bits per heavy atom. The summed E-state index contributed by atoms with van der Waals surface area (Å²) in [6, 6.07) is 8.54. The summed E-state index contributed by atoms with van der Waals surface area (Å²) >= 11 is 1.42. The average Bonchev–Trinajstić information content (AvgIpc) is 2.58. The lowest BCUT2D eigenvalue weighted by Crippen LogP contribution is -2.70. The normalized spacial score (nSPS) is 22.5. The van der Waals surface area contributed by atoms with Crippen LogP contribution in [0.4, 0.5) is 0 Å². The predicted molar refractivity (Wildman–Crippen MR) is 90.0 cm³/mol. The van der Waals surface area contributed by atoms with Gasteiger partial charge in [0.25, 0.3) is 5.91 Å². The van der Waals surface area contributed by atoms with Gasteiger partial charge in [-0.25, -0.2) is 4.79 Å². The number of aliphatic carboxylic acids is 1. The fourth-order valence-electron chi connectivity index (χ4n) is 2.81. The lowest BCUT2D eigenvalue weighted by Gasteiger charge is -2.49. The van der Waals surface area contributed by atoms with Gasteiger partial charge in [-0.05, 0) is 11.1 Å². The molecule has 0 radical (unpaired) electrons. The second-order valence-electron chi connectivity index (χ2n) is 5.50. The maximum absolute atomic E-state index is 12.3. The molecule has 0 aliphatic carbocycles. The highest BCUT2D eigenvalue weighted by Crippen LogP contribution is 2.40. The number of β-lactam (4-membered cyclic amide) rings is 1. The van der Waals surface area contributed by atoms with Crippen LogP contribution in [0.2, 0.25) is 0 Å². The number of carboxylic acids is 1. The molecule has 1 aromatic carbocycles. The number of hydrogen-bond donors (Lipinski definition) is 2. The molecule has 1 fully saturated rings. The van der Waals surface area contributed by atoms with Crippen molar-refractivity contribution in [2.45, 2.75) is 17.8 Å². The van der Waals surface area contributed by atoms with Crippen LogP contribution in [0.15, 0.2) is 54.3 Å². The monoisotopic (exact) mass is 344 g/mol. The van der Waals surface area contributed by atoms with E-state index in [0.717, 1.165) is 5.56 Å². The minimum atomic E-state index is -1.15. The van der Waals surface area contributed by atoms with Gasteiger partial charge in [-0.1, -0.05) is 43.0 Å². The van der Waals surface area contributed by atoms with Crippen LogP contribution in [0, 0.1) is 0 Å². The third-order valence-corrected chi connectivity index (χ3v) is 5.27. The zero-order chi connectivity index (χ0) is 17.3. The number of benzene rings is 1. The molecule has 2 N–H and O–H groups in total. The second-order valence-corrected chi connectivity index (χ2v) is 6.61. The van der Waals surface area contributed by atoms with Gasteiger partial charge in [0.05, 0.1) is 6.42 Å². The average molecular weight is 344 g/mol. The standard InChI is InChI=1S/C17H16N2O4S/c1-2-11-9-24-16-13(15(21)19(16)14(11)17(22)23)18-12(20)8-10-6-4-3-5-7-10/h2-7,13,16H,1,8-9H2,(H,18,20)(H,22,23)/t13-,16-/m1/s1. The molecular formula is C17H16N2O4S. The molecule has 124 valence electrons. The van der Waals surface area contributed by atoms with Gasteiger partial charge in [-0.3, -0.25) is 14.5 Å². The fraction of sp³-hybridized carbons (Fsp3) is 0.235. The van der Waals surface area contributed by atoms with E-state index in [0.29, 0.717) is 11.3 Å². The van der Waals surface area contributed by atoms with E-state index < -0.39 is 17.9 Å². The smallest absolute Gasteiger partial charge is 0.352 e. The molecule has 3 rings (SSSR count). The number of nitrogens with one attached hydrogen (secondary N) is 1. The summed E-state index contributed by atoms with van der Waals surface area (Å²) in [5.41, 5.74) is 1.34. The Labute approximate surface area is 143 Å². The van der Waals surface area contributed by atoms with Crippen molar-refractivity contribution in [3.05, 3.63) is 59.8 Å². The molecule has 0 spiro atoms.